The minimum Gasteiger partial charge on any atom is -0.497 e. The third kappa shape index (κ3) is 4.42. The van der Waals surface area contributed by atoms with Gasteiger partial charge in [0.25, 0.3) is 0 Å². The first-order valence-electron chi connectivity index (χ1n) is 12.9. The number of fused-ring (bicyclic) bond motifs is 5. The highest BCUT2D eigenvalue weighted by molar-refractivity contribution is 6.00. The molecule has 4 heterocycles. The number of anilines is 1. The molecule has 3 aliphatic heterocycles. The van der Waals surface area contributed by atoms with Gasteiger partial charge in [-0.3, -0.25) is 15.2 Å². The highest BCUT2D eigenvalue weighted by Gasteiger charge is 2.44. The van der Waals surface area contributed by atoms with Crippen LogP contribution in [-0.4, -0.2) is 42.2 Å². The van der Waals surface area contributed by atoms with Gasteiger partial charge in [0.05, 0.1) is 24.4 Å². The van der Waals surface area contributed by atoms with E-state index < -0.39 is 12.2 Å². The molecule has 0 saturated carbocycles. The minimum atomic E-state index is -0.461. The van der Waals surface area contributed by atoms with Gasteiger partial charge in [0.1, 0.15) is 11.9 Å². The van der Waals surface area contributed by atoms with Crippen molar-refractivity contribution in [2.24, 2.45) is 11.8 Å². The molecule has 5 atom stereocenters. The van der Waals surface area contributed by atoms with Crippen LogP contribution in [0.2, 0.25) is 0 Å². The molecule has 2 bridgehead atoms. The van der Waals surface area contributed by atoms with Crippen molar-refractivity contribution in [2.45, 2.75) is 25.0 Å². The second kappa shape index (κ2) is 9.87. The fourth-order valence-corrected chi connectivity index (χ4v) is 6.15. The lowest BCUT2D eigenvalue weighted by Crippen LogP contribution is -2.55. The lowest BCUT2D eigenvalue weighted by molar-refractivity contribution is -0.0473. The first kappa shape index (κ1) is 23.5. The first-order valence-corrected chi connectivity index (χ1v) is 12.9. The van der Waals surface area contributed by atoms with Crippen LogP contribution in [0.1, 0.15) is 24.5 Å². The summed E-state index contributed by atoms with van der Waals surface area (Å²) in [7, 11) is 1.66. The number of carbonyl (C=O) groups excluding carboxylic acids is 1. The van der Waals surface area contributed by atoms with Crippen molar-refractivity contribution in [3.8, 4) is 5.75 Å². The van der Waals surface area contributed by atoms with Crippen LogP contribution in [0, 0.1) is 11.8 Å². The Balaban J connectivity index is 1.37. The zero-order valence-electron chi connectivity index (χ0n) is 21.0. The monoisotopic (exact) mass is 493 g/mol. The average Bonchev–Trinajstić information content (AvgIpc) is 2.95. The van der Waals surface area contributed by atoms with E-state index in [1.54, 1.807) is 13.3 Å². The van der Waals surface area contributed by atoms with Gasteiger partial charge in [-0.2, -0.15) is 0 Å². The Morgan fingerprint density at radius 2 is 2.00 bits per heavy atom. The number of nitrogens with one attached hydrogen (secondary N) is 1. The van der Waals surface area contributed by atoms with Crippen molar-refractivity contribution >= 4 is 33.5 Å². The Bertz CT molecular complexity index is 1460. The number of benzene rings is 3. The quantitative estimate of drug-likeness (QED) is 0.307. The Morgan fingerprint density at radius 3 is 2.81 bits per heavy atom. The number of carbonyl (C=O) groups is 1. The molecule has 3 aliphatic rings. The second-order valence-electron chi connectivity index (χ2n) is 10.0. The Hall–Kier alpha value is -3.90. The SMILES string of the molecule is C=C[C@H]1CN2CC[C@H]1C[C@H]2[C@H](OC(=O)Nc1cccc2ccccc12)c1ccnc2ccc(OC)cc12. The molecule has 3 saturated heterocycles. The molecule has 3 fully saturated rings. The van der Waals surface area contributed by atoms with Crippen LogP contribution in [0.5, 0.6) is 5.75 Å². The van der Waals surface area contributed by atoms with Gasteiger partial charge in [-0.1, -0.05) is 42.5 Å². The number of hydrogen-bond donors (Lipinski definition) is 1. The van der Waals surface area contributed by atoms with Crippen molar-refractivity contribution in [1.29, 1.82) is 0 Å². The van der Waals surface area contributed by atoms with Crippen molar-refractivity contribution < 1.29 is 14.3 Å². The fourth-order valence-electron chi connectivity index (χ4n) is 6.15. The summed E-state index contributed by atoms with van der Waals surface area (Å²) in [6, 6.07) is 21.8. The number of rotatable bonds is 6. The van der Waals surface area contributed by atoms with Crippen LogP contribution in [0.4, 0.5) is 10.5 Å². The minimum absolute atomic E-state index is 0.0741. The van der Waals surface area contributed by atoms with Crippen molar-refractivity contribution in [2.75, 3.05) is 25.5 Å². The van der Waals surface area contributed by atoms with Crippen LogP contribution in [0.25, 0.3) is 21.7 Å². The van der Waals surface area contributed by atoms with Crippen LogP contribution in [0.15, 0.2) is 85.6 Å². The molecule has 3 aromatic carbocycles. The van der Waals surface area contributed by atoms with E-state index in [0.717, 1.165) is 64.6 Å². The molecular formula is C31H31N3O3. The maximum atomic E-state index is 13.5. The van der Waals surface area contributed by atoms with Gasteiger partial charge in [-0.15, -0.1) is 6.58 Å². The van der Waals surface area contributed by atoms with E-state index in [9.17, 15) is 4.79 Å². The summed E-state index contributed by atoms with van der Waals surface area (Å²) < 4.78 is 11.9. The summed E-state index contributed by atoms with van der Waals surface area (Å²) >= 11 is 0. The lowest BCUT2D eigenvalue weighted by Gasteiger charge is -2.51. The molecule has 6 heteroatoms. The number of aromatic nitrogens is 1. The topological polar surface area (TPSA) is 63.7 Å². The first-order chi connectivity index (χ1) is 18.1. The van der Waals surface area contributed by atoms with E-state index in [1.807, 2.05) is 66.7 Å². The van der Waals surface area contributed by atoms with Crippen molar-refractivity contribution in [3.63, 3.8) is 0 Å². The molecule has 6 nitrogen and oxygen atoms in total. The zero-order chi connectivity index (χ0) is 25.4. The Kier molecular flexibility index (Phi) is 6.26. The van der Waals surface area contributed by atoms with Crippen LogP contribution < -0.4 is 10.1 Å². The van der Waals surface area contributed by atoms with E-state index in [4.69, 9.17) is 9.47 Å². The highest BCUT2D eigenvalue weighted by atomic mass is 16.6. The van der Waals surface area contributed by atoms with E-state index in [2.05, 4.69) is 27.9 Å². The second-order valence-corrected chi connectivity index (χ2v) is 10.0. The summed E-state index contributed by atoms with van der Waals surface area (Å²) in [5, 5.41) is 6.00. The van der Waals surface area contributed by atoms with Gasteiger partial charge >= 0.3 is 6.09 Å². The predicted octanol–water partition coefficient (Wildman–Crippen LogP) is 6.58. The number of hydrogen-bond acceptors (Lipinski definition) is 5. The van der Waals surface area contributed by atoms with Crippen LogP contribution >= 0.6 is 0 Å². The number of amides is 1. The number of piperidine rings is 3. The summed E-state index contributed by atoms with van der Waals surface area (Å²) in [6.07, 6.45) is 5.07. The molecule has 0 aliphatic carbocycles. The molecule has 1 amide bonds. The van der Waals surface area contributed by atoms with Gasteiger partial charge < -0.3 is 9.47 Å². The summed E-state index contributed by atoms with van der Waals surface area (Å²) in [6.45, 7) is 6.00. The molecule has 0 radical (unpaired) electrons. The van der Waals surface area contributed by atoms with Crippen molar-refractivity contribution in [3.05, 3.63) is 91.1 Å². The molecule has 1 unspecified atom stereocenters. The van der Waals surface area contributed by atoms with Crippen molar-refractivity contribution in [1.82, 2.24) is 9.88 Å². The third-order valence-electron chi connectivity index (χ3n) is 8.05. The molecule has 37 heavy (non-hydrogen) atoms. The molecule has 4 aromatic rings. The molecule has 7 rings (SSSR count). The summed E-state index contributed by atoms with van der Waals surface area (Å²) in [5.74, 6) is 1.77. The van der Waals surface area contributed by atoms with E-state index in [0.29, 0.717) is 11.8 Å². The number of methoxy groups -OCH3 is 1. The highest BCUT2D eigenvalue weighted by Crippen LogP contribution is 2.44. The zero-order valence-corrected chi connectivity index (χ0v) is 21.0. The number of nitrogens with zero attached hydrogens (tertiary/aromatic N) is 2. The smallest absolute Gasteiger partial charge is 0.412 e. The molecule has 188 valence electrons. The maximum absolute atomic E-state index is 13.5. The fraction of sp³-hybridized carbons (Fsp3) is 0.290. The van der Waals surface area contributed by atoms with Crippen LogP contribution in [-0.2, 0) is 4.74 Å². The van der Waals surface area contributed by atoms with Gasteiger partial charge in [-0.25, -0.2) is 4.79 Å². The Labute approximate surface area is 216 Å². The average molecular weight is 494 g/mol. The normalized spacial score (nSPS) is 23.5. The molecule has 1 aromatic heterocycles. The molecule has 1 N–H and O–H groups in total. The van der Waals surface area contributed by atoms with E-state index in [-0.39, 0.29) is 6.04 Å². The number of ether oxygens (including phenoxy) is 2. The van der Waals surface area contributed by atoms with E-state index >= 15 is 0 Å². The van der Waals surface area contributed by atoms with Gasteiger partial charge in [0, 0.05) is 29.1 Å². The lowest BCUT2D eigenvalue weighted by atomic mass is 9.73. The number of pyridine rings is 1. The third-order valence-corrected chi connectivity index (χ3v) is 8.05. The molecule has 0 spiro atoms. The van der Waals surface area contributed by atoms with Gasteiger partial charge in [-0.05, 0) is 66.9 Å². The summed E-state index contributed by atoms with van der Waals surface area (Å²) in [4.78, 5) is 20.5. The summed E-state index contributed by atoms with van der Waals surface area (Å²) in [5.41, 5.74) is 2.53. The van der Waals surface area contributed by atoms with Gasteiger partial charge in [0.2, 0.25) is 0 Å². The predicted molar refractivity (Wildman–Crippen MR) is 147 cm³/mol. The molecular weight excluding hydrogens is 462 g/mol. The maximum Gasteiger partial charge on any atom is 0.412 e. The van der Waals surface area contributed by atoms with Crippen LogP contribution in [0.3, 0.4) is 0 Å². The van der Waals surface area contributed by atoms with E-state index in [1.165, 1.54) is 0 Å². The Morgan fingerprint density at radius 1 is 1.14 bits per heavy atom. The largest absolute Gasteiger partial charge is 0.497 e. The standard InChI is InChI=1S/C31H31N3O3/c1-3-20-19-34-16-14-22(20)17-29(34)30(25-13-15-32-27-12-11-23(36-2)18-26(25)27)37-31(35)33-28-10-6-8-21-7-4-5-9-24(21)28/h3-13,15,18,20,22,29-30H,1,14,16-17,19H2,2H3,(H,33,35)/t20-,22-,29-,30+/m0/s1. The van der Waals surface area contributed by atoms with Gasteiger partial charge in [0.15, 0.2) is 0 Å².